The third kappa shape index (κ3) is 3.00. The van der Waals surface area contributed by atoms with E-state index >= 15 is 0 Å². The molecule has 0 aliphatic rings. The number of fused-ring (bicyclic) bond motifs is 1. The number of hydrogen-bond donors (Lipinski definition) is 2. The Kier molecular flexibility index (Phi) is 4.18. The molecule has 1 aromatic carbocycles. The van der Waals surface area contributed by atoms with Crippen LogP contribution in [0.4, 0.5) is 5.82 Å². The Morgan fingerprint density at radius 3 is 2.64 bits per heavy atom. The van der Waals surface area contributed by atoms with Gasteiger partial charge in [0.05, 0.1) is 5.39 Å². The first-order valence-corrected chi connectivity index (χ1v) is 8.19. The zero-order valence-electron chi connectivity index (χ0n) is 12.4. The molecule has 6 heteroatoms. The minimum atomic E-state index is 0.265. The summed E-state index contributed by atoms with van der Waals surface area (Å²) in [5, 5.41) is 14.0. The van der Waals surface area contributed by atoms with E-state index in [1.54, 1.807) is 23.5 Å². The molecule has 2 aromatic heterocycles. The number of rotatable bonds is 4. The van der Waals surface area contributed by atoms with E-state index < -0.39 is 0 Å². The van der Waals surface area contributed by atoms with Gasteiger partial charge in [-0.15, -0.1) is 11.3 Å². The van der Waals surface area contributed by atoms with Crippen molar-refractivity contribution in [2.45, 2.75) is 20.3 Å². The first kappa shape index (κ1) is 15.1. The zero-order chi connectivity index (χ0) is 15.7. The number of phenolic OH excluding ortho intramolecular Hbond substituents is 1. The molecule has 0 fully saturated rings. The second-order valence-electron chi connectivity index (χ2n) is 5.15. The molecule has 3 aromatic rings. The van der Waals surface area contributed by atoms with Crippen LogP contribution >= 0.6 is 22.9 Å². The number of thiophene rings is 1. The Balaban J connectivity index is 1.80. The summed E-state index contributed by atoms with van der Waals surface area (Å²) in [6, 6.07) is 7.22. The van der Waals surface area contributed by atoms with Crippen LogP contribution < -0.4 is 5.32 Å². The molecule has 0 saturated carbocycles. The highest BCUT2D eigenvalue weighted by molar-refractivity contribution is 7.18. The summed E-state index contributed by atoms with van der Waals surface area (Å²) in [7, 11) is 0. The van der Waals surface area contributed by atoms with E-state index in [4.69, 9.17) is 11.6 Å². The molecule has 0 unspecified atom stereocenters. The summed E-state index contributed by atoms with van der Waals surface area (Å²) in [5.41, 5.74) is 2.35. The lowest BCUT2D eigenvalue weighted by Crippen LogP contribution is -2.07. The predicted molar refractivity (Wildman–Crippen MR) is 92.2 cm³/mol. The number of nitrogens with one attached hydrogen (secondary N) is 1. The van der Waals surface area contributed by atoms with Gasteiger partial charge in [0.15, 0.2) is 0 Å². The van der Waals surface area contributed by atoms with Crippen molar-refractivity contribution in [2.24, 2.45) is 0 Å². The lowest BCUT2D eigenvalue weighted by molar-refractivity contribution is 0.475. The van der Waals surface area contributed by atoms with E-state index in [0.29, 0.717) is 0 Å². The zero-order valence-corrected chi connectivity index (χ0v) is 13.9. The normalized spacial score (nSPS) is 11.0. The molecule has 22 heavy (non-hydrogen) atoms. The quantitative estimate of drug-likeness (QED) is 0.698. The molecule has 0 spiro atoms. The predicted octanol–water partition coefficient (Wildman–Crippen LogP) is 4.32. The number of aromatic nitrogens is 2. The van der Waals surface area contributed by atoms with Gasteiger partial charge in [-0.05, 0) is 55.1 Å². The molecule has 0 atom stereocenters. The van der Waals surface area contributed by atoms with Crippen molar-refractivity contribution < 1.29 is 5.11 Å². The third-order valence-corrected chi connectivity index (χ3v) is 4.91. The van der Waals surface area contributed by atoms with Crippen LogP contribution in [-0.4, -0.2) is 21.6 Å². The van der Waals surface area contributed by atoms with Gasteiger partial charge in [0, 0.05) is 11.4 Å². The van der Waals surface area contributed by atoms with E-state index in [2.05, 4.69) is 29.1 Å². The number of halogens is 1. The van der Waals surface area contributed by atoms with Crippen molar-refractivity contribution in [1.29, 1.82) is 0 Å². The summed E-state index contributed by atoms with van der Waals surface area (Å²) in [6.45, 7) is 4.90. The summed E-state index contributed by atoms with van der Waals surface area (Å²) in [4.78, 5) is 10.8. The topological polar surface area (TPSA) is 58.0 Å². The molecule has 2 N–H and O–H groups in total. The van der Waals surface area contributed by atoms with E-state index in [9.17, 15) is 5.11 Å². The maximum Gasteiger partial charge on any atom is 0.225 e. The fraction of sp³-hybridized carbons (Fsp3) is 0.250. The summed E-state index contributed by atoms with van der Waals surface area (Å²) in [6.07, 6.45) is 0.839. The molecular formula is C16H16ClN3OS. The summed E-state index contributed by atoms with van der Waals surface area (Å²) < 4.78 is 0. The van der Waals surface area contributed by atoms with E-state index in [0.717, 1.165) is 34.6 Å². The Bertz CT molecular complexity index is 814. The van der Waals surface area contributed by atoms with Crippen molar-refractivity contribution in [1.82, 2.24) is 9.97 Å². The van der Waals surface area contributed by atoms with E-state index in [1.165, 1.54) is 10.4 Å². The molecule has 2 heterocycles. The van der Waals surface area contributed by atoms with Crippen molar-refractivity contribution in [3.8, 4) is 5.75 Å². The highest BCUT2D eigenvalue weighted by atomic mass is 35.5. The number of hydrogen-bond acceptors (Lipinski definition) is 5. The number of anilines is 1. The Morgan fingerprint density at radius 1 is 1.18 bits per heavy atom. The smallest absolute Gasteiger partial charge is 0.225 e. The molecule has 4 nitrogen and oxygen atoms in total. The Morgan fingerprint density at radius 2 is 1.91 bits per heavy atom. The first-order valence-electron chi connectivity index (χ1n) is 6.99. The molecule has 0 bridgehead atoms. The molecule has 3 rings (SSSR count). The lowest BCUT2D eigenvalue weighted by Gasteiger charge is -2.08. The summed E-state index contributed by atoms with van der Waals surface area (Å²) in [5.74, 6) is 1.07. The first-order chi connectivity index (χ1) is 10.5. The highest BCUT2D eigenvalue weighted by Gasteiger charge is 2.13. The van der Waals surface area contributed by atoms with Crippen LogP contribution in [0.2, 0.25) is 5.28 Å². The average Bonchev–Trinajstić information content (AvgIpc) is 2.76. The average molecular weight is 334 g/mol. The van der Waals surface area contributed by atoms with Crippen LogP contribution in [0.25, 0.3) is 10.2 Å². The number of nitrogens with zero attached hydrogens (tertiary/aromatic N) is 2. The van der Waals surface area contributed by atoms with Gasteiger partial charge in [-0.25, -0.2) is 9.97 Å². The number of aryl methyl sites for hydroxylation is 2. The highest BCUT2D eigenvalue weighted by Crippen LogP contribution is 2.33. The maximum atomic E-state index is 9.30. The standard InChI is InChI=1S/C16H16ClN3OS/c1-9-10(2)22-15-13(9)14(19-16(17)20-15)18-8-7-11-3-5-12(21)6-4-11/h3-6,21H,7-8H2,1-2H3,(H,18,19,20). The van der Waals surface area contributed by atoms with Crippen molar-refractivity contribution >= 4 is 39.0 Å². The second kappa shape index (κ2) is 6.10. The fourth-order valence-electron chi connectivity index (χ4n) is 2.34. The van der Waals surface area contributed by atoms with Gasteiger partial charge in [0.2, 0.25) is 5.28 Å². The Hall–Kier alpha value is -1.85. The van der Waals surface area contributed by atoms with Crippen LogP contribution in [0.15, 0.2) is 24.3 Å². The van der Waals surface area contributed by atoms with E-state index in [-0.39, 0.29) is 11.0 Å². The number of phenols is 1. The van der Waals surface area contributed by atoms with Crippen LogP contribution in [0.5, 0.6) is 5.75 Å². The van der Waals surface area contributed by atoms with Gasteiger partial charge in [0.25, 0.3) is 0 Å². The van der Waals surface area contributed by atoms with Crippen molar-refractivity contribution in [3.05, 3.63) is 45.6 Å². The van der Waals surface area contributed by atoms with Crippen molar-refractivity contribution in [3.63, 3.8) is 0 Å². The van der Waals surface area contributed by atoms with Crippen LogP contribution in [0.3, 0.4) is 0 Å². The maximum absolute atomic E-state index is 9.30. The Labute approximate surface area is 137 Å². The molecule has 0 aliphatic heterocycles. The minimum Gasteiger partial charge on any atom is -0.508 e. The fourth-order valence-corrected chi connectivity index (χ4v) is 3.59. The minimum absolute atomic E-state index is 0.265. The van der Waals surface area contributed by atoms with Gasteiger partial charge in [-0.3, -0.25) is 0 Å². The summed E-state index contributed by atoms with van der Waals surface area (Å²) >= 11 is 7.65. The monoisotopic (exact) mass is 333 g/mol. The number of aromatic hydroxyl groups is 1. The van der Waals surface area contributed by atoms with Crippen LogP contribution in [0.1, 0.15) is 16.0 Å². The second-order valence-corrected chi connectivity index (χ2v) is 6.69. The van der Waals surface area contributed by atoms with E-state index in [1.807, 2.05) is 12.1 Å². The van der Waals surface area contributed by atoms with Gasteiger partial charge in [-0.2, -0.15) is 0 Å². The van der Waals surface area contributed by atoms with Crippen molar-refractivity contribution in [2.75, 3.05) is 11.9 Å². The molecule has 0 radical (unpaired) electrons. The molecule has 0 saturated heterocycles. The lowest BCUT2D eigenvalue weighted by atomic mass is 10.1. The number of benzene rings is 1. The molecule has 114 valence electrons. The van der Waals surface area contributed by atoms with Gasteiger partial charge in [0.1, 0.15) is 16.4 Å². The van der Waals surface area contributed by atoms with Crippen LogP contribution in [0, 0.1) is 13.8 Å². The molecule has 0 aliphatic carbocycles. The SMILES string of the molecule is Cc1sc2nc(Cl)nc(NCCc3ccc(O)cc3)c2c1C. The van der Waals surface area contributed by atoms with Gasteiger partial charge >= 0.3 is 0 Å². The largest absolute Gasteiger partial charge is 0.508 e. The van der Waals surface area contributed by atoms with Gasteiger partial charge < -0.3 is 10.4 Å². The third-order valence-electron chi connectivity index (χ3n) is 3.64. The van der Waals surface area contributed by atoms with Crippen LogP contribution in [-0.2, 0) is 6.42 Å². The van der Waals surface area contributed by atoms with Gasteiger partial charge in [-0.1, -0.05) is 12.1 Å². The molecule has 0 amide bonds. The molecular weight excluding hydrogens is 318 g/mol.